The molecule has 0 heterocycles. The highest BCUT2D eigenvalue weighted by Gasteiger charge is 2.47. The van der Waals surface area contributed by atoms with Crippen LogP contribution in [0.2, 0.25) is 0 Å². The van der Waals surface area contributed by atoms with Gasteiger partial charge in [-0.05, 0) is 31.6 Å². The van der Waals surface area contributed by atoms with Gasteiger partial charge in [0.25, 0.3) is 0 Å². The number of hydrogen-bond acceptors (Lipinski definition) is 2. The predicted molar refractivity (Wildman–Crippen MR) is 49.4 cm³/mol. The average molecular weight is 186 g/mol. The standard InChI is InChI=1S/C10H18O3/c1-7(8(11)12)10(13)5-4-9(2,3)6-10/h7,13H,4-6H2,1-3H3,(H,11,12). The van der Waals surface area contributed by atoms with Crippen LogP contribution in [0, 0.1) is 11.3 Å². The van der Waals surface area contributed by atoms with Crippen molar-refractivity contribution in [3.05, 3.63) is 0 Å². The average Bonchev–Trinajstić information content (AvgIpc) is 2.25. The summed E-state index contributed by atoms with van der Waals surface area (Å²) < 4.78 is 0. The van der Waals surface area contributed by atoms with E-state index in [4.69, 9.17) is 5.11 Å². The summed E-state index contributed by atoms with van der Waals surface area (Å²) in [5, 5.41) is 18.9. The van der Waals surface area contributed by atoms with Crippen molar-refractivity contribution < 1.29 is 15.0 Å². The molecule has 2 N–H and O–H groups in total. The van der Waals surface area contributed by atoms with Gasteiger partial charge in [0.1, 0.15) is 0 Å². The first-order valence-electron chi connectivity index (χ1n) is 4.72. The van der Waals surface area contributed by atoms with Gasteiger partial charge in [-0.15, -0.1) is 0 Å². The Labute approximate surface area is 78.8 Å². The molecule has 0 spiro atoms. The summed E-state index contributed by atoms with van der Waals surface area (Å²) >= 11 is 0. The summed E-state index contributed by atoms with van der Waals surface area (Å²) in [6, 6.07) is 0. The van der Waals surface area contributed by atoms with Crippen LogP contribution in [0.5, 0.6) is 0 Å². The quantitative estimate of drug-likeness (QED) is 0.689. The Morgan fingerprint density at radius 2 is 1.92 bits per heavy atom. The highest BCUT2D eigenvalue weighted by atomic mass is 16.4. The zero-order valence-corrected chi connectivity index (χ0v) is 8.50. The number of carbonyl (C=O) groups is 1. The molecule has 2 atom stereocenters. The van der Waals surface area contributed by atoms with E-state index in [-0.39, 0.29) is 5.41 Å². The smallest absolute Gasteiger partial charge is 0.309 e. The lowest BCUT2D eigenvalue weighted by molar-refractivity contribution is -0.150. The second-order valence-electron chi connectivity index (χ2n) is 5.00. The van der Waals surface area contributed by atoms with Gasteiger partial charge in [-0.1, -0.05) is 13.8 Å². The van der Waals surface area contributed by atoms with Crippen LogP contribution in [0.25, 0.3) is 0 Å². The molecule has 76 valence electrons. The van der Waals surface area contributed by atoms with E-state index >= 15 is 0 Å². The van der Waals surface area contributed by atoms with E-state index in [1.54, 1.807) is 6.92 Å². The number of aliphatic carboxylic acids is 1. The van der Waals surface area contributed by atoms with Crippen molar-refractivity contribution in [2.24, 2.45) is 11.3 Å². The normalized spacial score (nSPS) is 34.5. The third-order valence-electron chi connectivity index (χ3n) is 3.20. The molecule has 1 saturated carbocycles. The molecule has 0 aromatic rings. The molecule has 1 fully saturated rings. The Bertz CT molecular complexity index is 222. The van der Waals surface area contributed by atoms with Gasteiger partial charge in [0.15, 0.2) is 0 Å². The molecule has 1 aliphatic rings. The lowest BCUT2D eigenvalue weighted by Gasteiger charge is -2.28. The zero-order chi connectivity index (χ0) is 10.3. The van der Waals surface area contributed by atoms with Crippen LogP contribution in [0.15, 0.2) is 0 Å². The molecule has 2 unspecified atom stereocenters. The molecular weight excluding hydrogens is 168 g/mol. The van der Waals surface area contributed by atoms with Gasteiger partial charge in [-0.25, -0.2) is 0 Å². The van der Waals surface area contributed by atoms with Crippen LogP contribution >= 0.6 is 0 Å². The molecule has 13 heavy (non-hydrogen) atoms. The molecule has 1 aliphatic carbocycles. The Morgan fingerprint density at radius 3 is 2.23 bits per heavy atom. The van der Waals surface area contributed by atoms with Crippen LogP contribution in [0.3, 0.4) is 0 Å². The summed E-state index contributed by atoms with van der Waals surface area (Å²) in [6.45, 7) is 5.73. The SMILES string of the molecule is CC(C(=O)O)C1(O)CCC(C)(C)C1. The van der Waals surface area contributed by atoms with Gasteiger partial charge in [0.05, 0.1) is 11.5 Å². The number of carboxylic acid groups (broad SMARTS) is 1. The molecule has 0 amide bonds. The van der Waals surface area contributed by atoms with Crippen LogP contribution in [-0.4, -0.2) is 21.8 Å². The van der Waals surface area contributed by atoms with Crippen molar-refractivity contribution in [3.63, 3.8) is 0 Å². The molecule has 0 radical (unpaired) electrons. The van der Waals surface area contributed by atoms with Gasteiger partial charge >= 0.3 is 5.97 Å². The van der Waals surface area contributed by atoms with Gasteiger partial charge in [0, 0.05) is 0 Å². The second-order valence-corrected chi connectivity index (χ2v) is 5.00. The highest BCUT2D eigenvalue weighted by molar-refractivity contribution is 5.71. The van der Waals surface area contributed by atoms with E-state index in [0.29, 0.717) is 12.8 Å². The monoisotopic (exact) mass is 186 g/mol. The second kappa shape index (κ2) is 2.98. The minimum absolute atomic E-state index is 0.0818. The van der Waals surface area contributed by atoms with Gasteiger partial charge in [-0.2, -0.15) is 0 Å². The number of rotatable bonds is 2. The molecule has 0 aromatic heterocycles. The minimum atomic E-state index is -0.991. The number of aliphatic hydroxyl groups is 1. The topological polar surface area (TPSA) is 57.5 Å². The fraction of sp³-hybridized carbons (Fsp3) is 0.900. The fourth-order valence-electron chi connectivity index (χ4n) is 2.16. The molecular formula is C10H18O3. The Kier molecular flexibility index (Phi) is 2.41. The molecule has 0 aromatic carbocycles. The van der Waals surface area contributed by atoms with Crippen molar-refractivity contribution >= 4 is 5.97 Å². The minimum Gasteiger partial charge on any atom is -0.481 e. The van der Waals surface area contributed by atoms with Crippen LogP contribution < -0.4 is 0 Å². The molecule has 3 nitrogen and oxygen atoms in total. The molecule has 0 saturated heterocycles. The summed E-state index contributed by atoms with van der Waals surface area (Å²) in [5.41, 5.74) is -0.909. The van der Waals surface area contributed by atoms with Crippen molar-refractivity contribution in [1.29, 1.82) is 0 Å². The largest absolute Gasteiger partial charge is 0.481 e. The summed E-state index contributed by atoms with van der Waals surface area (Å²) in [5.74, 6) is -1.56. The van der Waals surface area contributed by atoms with E-state index in [2.05, 4.69) is 13.8 Å². The Balaban J connectivity index is 2.75. The zero-order valence-electron chi connectivity index (χ0n) is 8.50. The third-order valence-corrected chi connectivity index (χ3v) is 3.20. The lowest BCUT2D eigenvalue weighted by atomic mass is 9.83. The van der Waals surface area contributed by atoms with E-state index in [9.17, 15) is 9.90 Å². The Hall–Kier alpha value is -0.570. The molecule has 0 bridgehead atoms. The van der Waals surface area contributed by atoms with Gasteiger partial charge < -0.3 is 10.2 Å². The van der Waals surface area contributed by atoms with E-state index in [0.717, 1.165) is 6.42 Å². The van der Waals surface area contributed by atoms with Crippen LogP contribution in [0.4, 0.5) is 0 Å². The van der Waals surface area contributed by atoms with Gasteiger partial charge in [-0.3, -0.25) is 4.79 Å². The van der Waals surface area contributed by atoms with Crippen molar-refractivity contribution in [3.8, 4) is 0 Å². The first-order valence-corrected chi connectivity index (χ1v) is 4.72. The summed E-state index contributed by atoms with van der Waals surface area (Å²) in [4.78, 5) is 10.7. The van der Waals surface area contributed by atoms with Crippen molar-refractivity contribution in [2.75, 3.05) is 0 Å². The van der Waals surface area contributed by atoms with E-state index < -0.39 is 17.5 Å². The van der Waals surface area contributed by atoms with Crippen molar-refractivity contribution in [1.82, 2.24) is 0 Å². The van der Waals surface area contributed by atoms with E-state index in [1.165, 1.54) is 0 Å². The molecule has 3 heteroatoms. The number of hydrogen-bond donors (Lipinski definition) is 2. The van der Waals surface area contributed by atoms with Crippen molar-refractivity contribution in [2.45, 2.75) is 45.6 Å². The van der Waals surface area contributed by atoms with E-state index in [1.807, 2.05) is 0 Å². The first-order chi connectivity index (χ1) is 5.77. The predicted octanol–water partition coefficient (Wildman–Crippen LogP) is 1.65. The maximum atomic E-state index is 10.7. The Morgan fingerprint density at radius 1 is 1.38 bits per heavy atom. The molecule has 1 rings (SSSR count). The van der Waals surface area contributed by atoms with Crippen LogP contribution in [-0.2, 0) is 4.79 Å². The maximum absolute atomic E-state index is 10.7. The third kappa shape index (κ3) is 2.02. The van der Waals surface area contributed by atoms with Crippen LogP contribution in [0.1, 0.15) is 40.0 Å². The fourth-order valence-corrected chi connectivity index (χ4v) is 2.16. The highest BCUT2D eigenvalue weighted by Crippen LogP contribution is 2.46. The first kappa shape index (κ1) is 10.5. The number of carboxylic acids is 1. The summed E-state index contributed by atoms with van der Waals surface area (Å²) in [7, 11) is 0. The summed E-state index contributed by atoms with van der Waals surface area (Å²) in [6.07, 6.45) is 2.10. The lowest BCUT2D eigenvalue weighted by Crippen LogP contribution is -2.38. The molecule has 0 aliphatic heterocycles. The maximum Gasteiger partial charge on any atom is 0.309 e. The van der Waals surface area contributed by atoms with Gasteiger partial charge in [0.2, 0.25) is 0 Å².